The third-order valence-corrected chi connectivity index (χ3v) is 2.24. The zero-order chi connectivity index (χ0) is 10.1. The second-order valence-electron chi connectivity index (χ2n) is 3.68. The van der Waals surface area contributed by atoms with Crippen molar-refractivity contribution in [3.8, 4) is 0 Å². The van der Waals surface area contributed by atoms with Crippen molar-refractivity contribution in [1.29, 1.82) is 0 Å². The quantitative estimate of drug-likeness (QED) is 0.731. The highest BCUT2D eigenvalue weighted by molar-refractivity contribution is 5.84. The summed E-state index contributed by atoms with van der Waals surface area (Å²) in [6.07, 6.45) is -3.57. The molecule has 0 bridgehead atoms. The van der Waals surface area contributed by atoms with E-state index in [9.17, 15) is 18.0 Å². The summed E-state index contributed by atoms with van der Waals surface area (Å²) in [6.45, 7) is 1.45. The Morgan fingerprint density at radius 3 is 2.38 bits per heavy atom. The Kier molecular flexibility index (Phi) is 2.54. The first-order chi connectivity index (χ1) is 5.83. The van der Waals surface area contributed by atoms with Gasteiger partial charge in [-0.05, 0) is 12.8 Å². The highest BCUT2D eigenvalue weighted by Gasteiger charge is 2.44. The second-order valence-corrected chi connectivity index (χ2v) is 3.68. The monoisotopic (exact) mass is 195 g/mol. The number of nitrogens with one attached hydrogen (secondary N) is 1. The molecule has 1 saturated carbocycles. The summed E-state index contributed by atoms with van der Waals surface area (Å²) in [5.41, 5.74) is -0.383. The molecule has 1 N–H and O–H groups in total. The summed E-state index contributed by atoms with van der Waals surface area (Å²) in [6, 6.07) is 0. The lowest BCUT2D eigenvalue weighted by molar-refractivity contribution is -0.136. The van der Waals surface area contributed by atoms with Crippen molar-refractivity contribution in [2.24, 2.45) is 5.41 Å². The van der Waals surface area contributed by atoms with E-state index in [4.69, 9.17) is 0 Å². The van der Waals surface area contributed by atoms with Crippen LogP contribution in [0.25, 0.3) is 0 Å². The van der Waals surface area contributed by atoms with E-state index in [1.54, 1.807) is 6.92 Å². The van der Waals surface area contributed by atoms with Crippen molar-refractivity contribution < 1.29 is 18.0 Å². The van der Waals surface area contributed by atoms with Gasteiger partial charge in [0.1, 0.15) is 0 Å². The maximum atomic E-state index is 11.7. The molecule has 1 aliphatic carbocycles. The lowest BCUT2D eigenvalue weighted by Gasteiger charge is -2.10. The summed E-state index contributed by atoms with van der Waals surface area (Å²) >= 11 is 0. The summed E-state index contributed by atoms with van der Waals surface area (Å²) in [4.78, 5) is 11.1. The summed E-state index contributed by atoms with van der Waals surface area (Å²) in [5, 5.41) is 2.28. The van der Waals surface area contributed by atoms with E-state index < -0.39 is 12.6 Å². The van der Waals surface area contributed by atoms with Crippen molar-refractivity contribution in [2.45, 2.75) is 32.4 Å². The molecule has 1 rings (SSSR count). The van der Waals surface area contributed by atoms with Crippen molar-refractivity contribution in [3.63, 3.8) is 0 Å². The van der Waals surface area contributed by atoms with E-state index in [1.807, 2.05) is 0 Å². The van der Waals surface area contributed by atoms with Gasteiger partial charge in [0.15, 0.2) is 0 Å². The molecule has 13 heavy (non-hydrogen) atoms. The van der Waals surface area contributed by atoms with Crippen LogP contribution in [-0.4, -0.2) is 18.6 Å². The molecular formula is C8H12F3NO. The van der Waals surface area contributed by atoms with E-state index in [0.717, 1.165) is 12.8 Å². The molecule has 1 fully saturated rings. The van der Waals surface area contributed by atoms with Crippen LogP contribution in [0.15, 0.2) is 0 Å². The van der Waals surface area contributed by atoms with Crippen molar-refractivity contribution >= 4 is 5.91 Å². The molecule has 1 amide bonds. The molecule has 1 aliphatic rings. The molecule has 0 radical (unpaired) electrons. The standard InChI is InChI=1S/C8H12F3NO/c1-7(2-3-7)6(13)12-5-4-8(9,10)11/h2-5H2,1H3,(H,12,13). The van der Waals surface area contributed by atoms with Gasteiger partial charge < -0.3 is 5.32 Å². The van der Waals surface area contributed by atoms with Crippen LogP contribution in [0.5, 0.6) is 0 Å². The predicted molar refractivity (Wildman–Crippen MR) is 41.0 cm³/mol. The van der Waals surface area contributed by atoms with Crippen LogP contribution in [0.3, 0.4) is 0 Å². The maximum absolute atomic E-state index is 11.7. The Labute approximate surface area is 74.5 Å². The topological polar surface area (TPSA) is 29.1 Å². The van der Waals surface area contributed by atoms with Gasteiger partial charge in [0, 0.05) is 12.0 Å². The number of hydrogen-bond donors (Lipinski definition) is 1. The Hall–Kier alpha value is -0.740. The number of amides is 1. The molecular weight excluding hydrogens is 183 g/mol. The number of alkyl halides is 3. The number of rotatable bonds is 3. The Balaban J connectivity index is 2.16. The molecule has 0 spiro atoms. The summed E-state index contributed by atoms with van der Waals surface area (Å²) in [7, 11) is 0. The Morgan fingerprint density at radius 2 is 2.00 bits per heavy atom. The van der Waals surface area contributed by atoms with Crippen LogP contribution in [0.1, 0.15) is 26.2 Å². The first-order valence-electron chi connectivity index (χ1n) is 4.19. The summed E-state index contributed by atoms with van der Waals surface area (Å²) in [5.74, 6) is -0.253. The van der Waals surface area contributed by atoms with Crippen molar-refractivity contribution in [2.75, 3.05) is 6.54 Å². The first kappa shape index (κ1) is 10.3. The molecule has 2 nitrogen and oxygen atoms in total. The predicted octanol–water partition coefficient (Wildman–Crippen LogP) is 1.86. The van der Waals surface area contributed by atoms with Crippen LogP contribution in [0.2, 0.25) is 0 Å². The zero-order valence-corrected chi connectivity index (χ0v) is 7.37. The van der Waals surface area contributed by atoms with E-state index >= 15 is 0 Å². The van der Waals surface area contributed by atoms with Gasteiger partial charge in [0.05, 0.1) is 6.42 Å². The van der Waals surface area contributed by atoms with E-state index in [0.29, 0.717) is 0 Å². The second kappa shape index (κ2) is 3.20. The molecule has 0 saturated heterocycles. The molecule has 0 aromatic heterocycles. The minimum Gasteiger partial charge on any atom is -0.355 e. The zero-order valence-electron chi connectivity index (χ0n) is 7.37. The fraction of sp³-hybridized carbons (Fsp3) is 0.875. The third kappa shape index (κ3) is 3.24. The molecule has 76 valence electrons. The minimum atomic E-state index is -4.18. The average molecular weight is 195 g/mol. The first-order valence-corrected chi connectivity index (χ1v) is 4.19. The van der Waals surface area contributed by atoms with Crippen molar-refractivity contribution in [1.82, 2.24) is 5.32 Å². The Bertz CT molecular complexity index is 208. The molecule has 0 aromatic carbocycles. The van der Waals surface area contributed by atoms with Gasteiger partial charge in [-0.1, -0.05) is 6.92 Å². The van der Waals surface area contributed by atoms with Crippen molar-refractivity contribution in [3.05, 3.63) is 0 Å². The summed E-state index contributed by atoms with van der Waals surface area (Å²) < 4.78 is 35.0. The van der Waals surface area contributed by atoms with Crippen LogP contribution in [0.4, 0.5) is 13.2 Å². The lowest BCUT2D eigenvalue weighted by atomic mass is 10.1. The lowest BCUT2D eigenvalue weighted by Crippen LogP contribution is -2.33. The van der Waals surface area contributed by atoms with Crippen LogP contribution in [-0.2, 0) is 4.79 Å². The van der Waals surface area contributed by atoms with Gasteiger partial charge in [-0.3, -0.25) is 4.79 Å². The fourth-order valence-electron chi connectivity index (χ4n) is 0.946. The molecule has 5 heteroatoms. The van der Waals surface area contributed by atoms with Gasteiger partial charge in [0.2, 0.25) is 5.91 Å². The van der Waals surface area contributed by atoms with E-state index in [-0.39, 0.29) is 17.9 Å². The number of hydrogen-bond acceptors (Lipinski definition) is 1. The normalized spacial score (nSPS) is 19.7. The molecule has 0 unspecified atom stereocenters. The third-order valence-electron chi connectivity index (χ3n) is 2.24. The number of halogens is 3. The Morgan fingerprint density at radius 1 is 1.46 bits per heavy atom. The molecule has 0 atom stereocenters. The maximum Gasteiger partial charge on any atom is 0.390 e. The van der Waals surface area contributed by atoms with Gasteiger partial charge >= 0.3 is 6.18 Å². The van der Waals surface area contributed by atoms with E-state index in [1.165, 1.54) is 0 Å². The van der Waals surface area contributed by atoms with Crippen LogP contribution < -0.4 is 5.32 Å². The smallest absolute Gasteiger partial charge is 0.355 e. The van der Waals surface area contributed by atoms with Crippen LogP contribution in [0, 0.1) is 5.41 Å². The molecule has 0 aliphatic heterocycles. The highest BCUT2D eigenvalue weighted by atomic mass is 19.4. The highest BCUT2D eigenvalue weighted by Crippen LogP contribution is 2.44. The number of carbonyl (C=O) groups is 1. The molecule has 0 heterocycles. The largest absolute Gasteiger partial charge is 0.390 e. The van der Waals surface area contributed by atoms with Crippen LogP contribution >= 0.6 is 0 Å². The number of carbonyl (C=O) groups excluding carboxylic acids is 1. The molecule has 0 aromatic rings. The SMILES string of the molecule is CC1(C(=O)NCCC(F)(F)F)CC1. The minimum absolute atomic E-state index is 0.253. The van der Waals surface area contributed by atoms with Gasteiger partial charge in [-0.15, -0.1) is 0 Å². The van der Waals surface area contributed by atoms with E-state index in [2.05, 4.69) is 5.32 Å². The van der Waals surface area contributed by atoms with Gasteiger partial charge in [-0.2, -0.15) is 13.2 Å². The van der Waals surface area contributed by atoms with Gasteiger partial charge in [0.25, 0.3) is 0 Å². The average Bonchev–Trinajstić information content (AvgIpc) is 2.66. The fourth-order valence-corrected chi connectivity index (χ4v) is 0.946. The van der Waals surface area contributed by atoms with Gasteiger partial charge in [-0.25, -0.2) is 0 Å².